The minimum Gasteiger partial charge on any atom is -0.459 e. The fraction of sp³-hybridized carbons (Fsp3) is 0.412. The number of furan rings is 1. The van der Waals surface area contributed by atoms with Gasteiger partial charge in [0.25, 0.3) is 5.91 Å². The minimum absolute atomic E-state index is 0.225. The van der Waals surface area contributed by atoms with E-state index >= 15 is 0 Å². The highest BCUT2D eigenvalue weighted by molar-refractivity contribution is 5.91. The zero-order chi connectivity index (χ0) is 17.4. The second-order valence-electron chi connectivity index (χ2n) is 5.44. The summed E-state index contributed by atoms with van der Waals surface area (Å²) in [5.41, 5.74) is 1.20. The normalized spacial score (nSPS) is 11.4. The van der Waals surface area contributed by atoms with E-state index in [-0.39, 0.29) is 5.91 Å². The van der Waals surface area contributed by atoms with Crippen LogP contribution in [0.5, 0.6) is 0 Å². The van der Waals surface area contributed by atoms with Crippen LogP contribution in [0.15, 0.2) is 46.1 Å². The standard InChI is InChI=1S/C17H25N5O2/c1-4-18-17(22(3)13-14-7-5-11-21(14)2)20-10-9-19-16(23)15-8-6-12-24-15/h5-8,11-12H,4,9-10,13H2,1-3H3,(H,18,20)(H,19,23). The van der Waals surface area contributed by atoms with Gasteiger partial charge in [-0.2, -0.15) is 0 Å². The number of hydrogen-bond donors (Lipinski definition) is 2. The van der Waals surface area contributed by atoms with Gasteiger partial charge in [0.15, 0.2) is 11.7 Å². The third-order valence-electron chi connectivity index (χ3n) is 3.55. The van der Waals surface area contributed by atoms with E-state index in [9.17, 15) is 4.79 Å². The van der Waals surface area contributed by atoms with Crippen molar-refractivity contribution in [2.45, 2.75) is 13.5 Å². The van der Waals surface area contributed by atoms with Crippen LogP contribution >= 0.6 is 0 Å². The van der Waals surface area contributed by atoms with Gasteiger partial charge in [-0.1, -0.05) is 0 Å². The van der Waals surface area contributed by atoms with Crippen LogP contribution in [0.2, 0.25) is 0 Å². The summed E-state index contributed by atoms with van der Waals surface area (Å²) in [6, 6.07) is 7.44. The Balaban J connectivity index is 1.85. The molecule has 2 aromatic rings. The Bertz CT molecular complexity index is 660. The molecule has 0 saturated heterocycles. The molecule has 1 amide bonds. The predicted molar refractivity (Wildman–Crippen MR) is 93.9 cm³/mol. The molecular weight excluding hydrogens is 306 g/mol. The van der Waals surface area contributed by atoms with E-state index in [1.807, 2.05) is 33.3 Å². The average molecular weight is 331 g/mol. The molecule has 2 aromatic heterocycles. The van der Waals surface area contributed by atoms with Gasteiger partial charge in [0, 0.05) is 39.1 Å². The van der Waals surface area contributed by atoms with Crippen molar-refractivity contribution in [2.24, 2.45) is 12.0 Å². The SMILES string of the molecule is CCNC(=NCCNC(=O)c1ccco1)N(C)Cc1cccn1C. The first-order valence-electron chi connectivity index (χ1n) is 8.03. The van der Waals surface area contributed by atoms with Crippen LogP contribution in [-0.4, -0.2) is 48.0 Å². The topological polar surface area (TPSA) is 74.8 Å². The van der Waals surface area contributed by atoms with Crippen LogP contribution < -0.4 is 10.6 Å². The van der Waals surface area contributed by atoms with Crippen LogP contribution in [0.1, 0.15) is 23.2 Å². The summed E-state index contributed by atoms with van der Waals surface area (Å²) < 4.78 is 7.14. The highest BCUT2D eigenvalue weighted by Gasteiger charge is 2.09. The molecule has 0 unspecified atom stereocenters. The van der Waals surface area contributed by atoms with Gasteiger partial charge in [-0.25, -0.2) is 0 Å². The van der Waals surface area contributed by atoms with Crippen molar-refractivity contribution in [3.63, 3.8) is 0 Å². The monoisotopic (exact) mass is 331 g/mol. The average Bonchev–Trinajstić information content (AvgIpc) is 3.22. The molecule has 0 radical (unpaired) electrons. The largest absolute Gasteiger partial charge is 0.459 e. The lowest BCUT2D eigenvalue weighted by atomic mass is 10.4. The van der Waals surface area contributed by atoms with Crippen molar-refractivity contribution in [1.29, 1.82) is 0 Å². The maximum atomic E-state index is 11.8. The van der Waals surface area contributed by atoms with Crippen LogP contribution in [0.3, 0.4) is 0 Å². The smallest absolute Gasteiger partial charge is 0.287 e. The predicted octanol–water partition coefficient (Wildman–Crippen LogP) is 1.45. The maximum absolute atomic E-state index is 11.8. The third-order valence-corrected chi connectivity index (χ3v) is 3.55. The molecule has 0 bridgehead atoms. The molecule has 24 heavy (non-hydrogen) atoms. The minimum atomic E-state index is -0.225. The van der Waals surface area contributed by atoms with Crippen LogP contribution in [0.25, 0.3) is 0 Å². The summed E-state index contributed by atoms with van der Waals surface area (Å²) in [6.07, 6.45) is 3.51. The third kappa shape index (κ3) is 4.91. The van der Waals surface area contributed by atoms with E-state index in [1.165, 1.54) is 12.0 Å². The lowest BCUT2D eigenvalue weighted by Crippen LogP contribution is -2.39. The molecular formula is C17H25N5O2. The first-order valence-corrected chi connectivity index (χ1v) is 8.03. The van der Waals surface area contributed by atoms with Crippen molar-refractivity contribution in [3.8, 4) is 0 Å². The van der Waals surface area contributed by atoms with E-state index in [1.54, 1.807) is 12.1 Å². The molecule has 0 aliphatic carbocycles. The summed E-state index contributed by atoms with van der Waals surface area (Å²) >= 11 is 0. The second kappa shape index (κ2) is 8.81. The fourth-order valence-corrected chi connectivity index (χ4v) is 2.27. The van der Waals surface area contributed by atoms with Crippen LogP contribution in [0, 0.1) is 0 Å². The molecule has 0 spiro atoms. The lowest BCUT2D eigenvalue weighted by molar-refractivity contribution is 0.0927. The summed E-state index contributed by atoms with van der Waals surface area (Å²) in [4.78, 5) is 18.4. The van der Waals surface area contributed by atoms with Gasteiger partial charge >= 0.3 is 0 Å². The molecule has 0 saturated carbocycles. The van der Waals surface area contributed by atoms with Crippen LogP contribution in [0.4, 0.5) is 0 Å². The Kier molecular flexibility index (Phi) is 6.48. The summed E-state index contributed by atoms with van der Waals surface area (Å²) in [5.74, 6) is 0.898. The number of rotatable bonds is 7. The van der Waals surface area contributed by atoms with Gasteiger partial charge < -0.3 is 24.5 Å². The number of aryl methyl sites for hydroxylation is 1. The fourth-order valence-electron chi connectivity index (χ4n) is 2.27. The summed E-state index contributed by atoms with van der Waals surface area (Å²) in [7, 11) is 4.02. The van der Waals surface area contributed by atoms with E-state index in [2.05, 4.69) is 31.2 Å². The van der Waals surface area contributed by atoms with Crippen molar-refractivity contribution in [2.75, 3.05) is 26.7 Å². The Hall–Kier alpha value is -2.70. The first kappa shape index (κ1) is 17.7. The van der Waals surface area contributed by atoms with Gasteiger partial charge in [0.05, 0.1) is 19.4 Å². The zero-order valence-corrected chi connectivity index (χ0v) is 14.5. The zero-order valence-electron chi connectivity index (χ0n) is 14.5. The van der Waals surface area contributed by atoms with Crippen molar-refractivity contribution in [1.82, 2.24) is 20.1 Å². The van der Waals surface area contributed by atoms with Gasteiger partial charge in [-0.05, 0) is 31.2 Å². The quantitative estimate of drug-likeness (QED) is 0.457. The number of hydrogen-bond acceptors (Lipinski definition) is 3. The van der Waals surface area contributed by atoms with Crippen molar-refractivity contribution in [3.05, 3.63) is 48.2 Å². The Morgan fingerprint density at radius 3 is 2.79 bits per heavy atom. The number of carbonyl (C=O) groups excluding carboxylic acids is 1. The van der Waals surface area contributed by atoms with Crippen molar-refractivity contribution >= 4 is 11.9 Å². The number of aliphatic imine (C=N–C) groups is 1. The van der Waals surface area contributed by atoms with E-state index < -0.39 is 0 Å². The number of nitrogens with one attached hydrogen (secondary N) is 2. The molecule has 2 N–H and O–H groups in total. The number of amides is 1. The van der Waals surface area contributed by atoms with Gasteiger partial charge in [0.2, 0.25) is 0 Å². The maximum Gasteiger partial charge on any atom is 0.287 e. The molecule has 7 nitrogen and oxygen atoms in total. The second-order valence-corrected chi connectivity index (χ2v) is 5.44. The number of carbonyl (C=O) groups is 1. The molecule has 2 rings (SSSR count). The Labute approximate surface area is 142 Å². The van der Waals surface area contributed by atoms with Gasteiger partial charge in [-0.3, -0.25) is 9.79 Å². The Morgan fingerprint density at radius 1 is 1.33 bits per heavy atom. The first-order chi connectivity index (χ1) is 11.6. The summed E-state index contributed by atoms with van der Waals surface area (Å²) in [6.45, 7) is 4.52. The lowest BCUT2D eigenvalue weighted by Gasteiger charge is -2.22. The van der Waals surface area contributed by atoms with E-state index in [0.717, 1.165) is 19.0 Å². The number of aromatic nitrogens is 1. The molecule has 130 valence electrons. The number of guanidine groups is 1. The number of nitrogens with zero attached hydrogens (tertiary/aromatic N) is 3. The highest BCUT2D eigenvalue weighted by atomic mass is 16.3. The highest BCUT2D eigenvalue weighted by Crippen LogP contribution is 2.03. The van der Waals surface area contributed by atoms with Gasteiger partial charge in [-0.15, -0.1) is 0 Å². The molecule has 0 fully saturated rings. The van der Waals surface area contributed by atoms with E-state index in [0.29, 0.717) is 18.8 Å². The summed E-state index contributed by atoms with van der Waals surface area (Å²) in [5, 5.41) is 6.05. The van der Waals surface area contributed by atoms with Gasteiger partial charge in [0.1, 0.15) is 0 Å². The molecule has 7 heteroatoms. The molecule has 0 aromatic carbocycles. The van der Waals surface area contributed by atoms with Crippen molar-refractivity contribution < 1.29 is 9.21 Å². The molecule has 2 heterocycles. The molecule has 0 atom stereocenters. The molecule has 0 aliphatic rings. The molecule has 0 aliphatic heterocycles. The Morgan fingerprint density at radius 2 is 2.17 bits per heavy atom. The van der Waals surface area contributed by atoms with Crippen LogP contribution in [-0.2, 0) is 13.6 Å². The van der Waals surface area contributed by atoms with E-state index in [4.69, 9.17) is 4.42 Å².